The Kier molecular flexibility index (Phi) is 5.24. The van der Waals surface area contributed by atoms with E-state index in [9.17, 15) is 9.59 Å². The zero-order valence-corrected chi connectivity index (χ0v) is 16.1. The molecule has 0 aliphatic carbocycles. The predicted molar refractivity (Wildman–Crippen MR) is 107 cm³/mol. The summed E-state index contributed by atoms with van der Waals surface area (Å²) in [5.41, 5.74) is 1.09. The van der Waals surface area contributed by atoms with Crippen molar-refractivity contribution < 1.29 is 14.0 Å². The van der Waals surface area contributed by atoms with Crippen LogP contribution < -0.4 is 4.90 Å². The van der Waals surface area contributed by atoms with E-state index in [1.54, 1.807) is 18.2 Å². The Morgan fingerprint density at radius 2 is 1.93 bits per heavy atom. The predicted octanol–water partition coefficient (Wildman–Crippen LogP) is 3.75. The number of rotatable bonds is 4. The first kappa shape index (κ1) is 18.2. The summed E-state index contributed by atoms with van der Waals surface area (Å²) in [5.74, 6) is 0.300. The Labute approximate surface area is 166 Å². The molecule has 4 rings (SSSR count). The third-order valence-electron chi connectivity index (χ3n) is 4.58. The van der Waals surface area contributed by atoms with Crippen LogP contribution in [-0.2, 0) is 4.79 Å². The van der Waals surface area contributed by atoms with E-state index < -0.39 is 0 Å². The van der Waals surface area contributed by atoms with Crippen LogP contribution in [0.5, 0.6) is 0 Å². The minimum absolute atomic E-state index is 0.241. The summed E-state index contributed by atoms with van der Waals surface area (Å²) < 4.78 is 5.23. The fraction of sp³-hybridized carbons (Fsp3) is 0.263. The normalized spacial score (nSPS) is 20.1. The van der Waals surface area contributed by atoms with Crippen molar-refractivity contribution in [2.24, 2.45) is 0 Å². The third kappa shape index (κ3) is 4.05. The zero-order valence-electron chi connectivity index (χ0n) is 14.5. The van der Waals surface area contributed by atoms with Crippen molar-refractivity contribution in [3.63, 3.8) is 0 Å². The lowest BCUT2D eigenvalue weighted by atomic mass is 10.2. The van der Waals surface area contributed by atoms with Gasteiger partial charge in [-0.2, -0.15) is 0 Å². The number of furan rings is 1. The Hall–Kier alpha value is -2.22. The quantitative estimate of drug-likeness (QED) is 0.725. The number of carbonyl (C=O) groups is 2. The highest BCUT2D eigenvalue weighted by Crippen LogP contribution is 2.32. The molecule has 0 spiro atoms. The number of anilines is 1. The van der Waals surface area contributed by atoms with Crippen molar-refractivity contribution in [1.29, 1.82) is 0 Å². The Morgan fingerprint density at radius 1 is 1.11 bits per heavy atom. The van der Waals surface area contributed by atoms with E-state index >= 15 is 0 Å². The molecule has 0 N–H and O–H groups in total. The van der Waals surface area contributed by atoms with Gasteiger partial charge in [-0.1, -0.05) is 17.7 Å². The molecule has 0 unspecified atom stereocenters. The molecule has 0 bridgehead atoms. The first-order valence-corrected chi connectivity index (χ1v) is 9.81. The van der Waals surface area contributed by atoms with Crippen molar-refractivity contribution in [3.05, 3.63) is 58.3 Å². The molecule has 27 heavy (non-hydrogen) atoms. The maximum absolute atomic E-state index is 12.6. The van der Waals surface area contributed by atoms with Crippen molar-refractivity contribution in [2.45, 2.75) is 0 Å². The lowest BCUT2D eigenvalue weighted by Gasteiger charge is -2.37. The molecule has 2 aromatic rings. The van der Waals surface area contributed by atoms with Gasteiger partial charge < -0.3 is 9.32 Å². The summed E-state index contributed by atoms with van der Waals surface area (Å²) in [6, 6.07) is 11.3. The average molecular weight is 404 g/mol. The zero-order chi connectivity index (χ0) is 18.8. The van der Waals surface area contributed by atoms with Gasteiger partial charge in [0.15, 0.2) is 0 Å². The summed E-state index contributed by atoms with van der Waals surface area (Å²) in [6.45, 7) is 3.48. The van der Waals surface area contributed by atoms with Crippen LogP contribution in [0.2, 0.25) is 5.02 Å². The molecule has 0 radical (unpaired) electrons. The van der Waals surface area contributed by atoms with Crippen LogP contribution in [0.4, 0.5) is 10.5 Å². The molecular formula is C19H18ClN3O3S. The van der Waals surface area contributed by atoms with E-state index in [1.807, 2.05) is 24.3 Å². The van der Waals surface area contributed by atoms with E-state index in [-0.39, 0.29) is 11.1 Å². The lowest BCUT2D eigenvalue weighted by Crippen LogP contribution is -2.50. The largest absolute Gasteiger partial charge is 0.465 e. The van der Waals surface area contributed by atoms with Gasteiger partial charge in [-0.05, 0) is 42.1 Å². The minimum Gasteiger partial charge on any atom is -0.465 e. The summed E-state index contributed by atoms with van der Waals surface area (Å²) in [5, 5.41) is 0.478. The van der Waals surface area contributed by atoms with Crippen molar-refractivity contribution in [3.8, 4) is 0 Å². The van der Waals surface area contributed by atoms with Gasteiger partial charge >= 0.3 is 0 Å². The van der Waals surface area contributed by atoms with E-state index in [1.165, 1.54) is 11.2 Å². The van der Waals surface area contributed by atoms with Crippen molar-refractivity contribution in [2.75, 3.05) is 37.7 Å². The van der Waals surface area contributed by atoms with Gasteiger partial charge in [0.1, 0.15) is 5.76 Å². The molecule has 2 fully saturated rings. The number of amides is 2. The highest BCUT2D eigenvalue weighted by molar-refractivity contribution is 8.18. The highest BCUT2D eigenvalue weighted by Gasteiger charge is 2.36. The van der Waals surface area contributed by atoms with Crippen LogP contribution in [0.3, 0.4) is 0 Å². The van der Waals surface area contributed by atoms with Gasteiger partial charge in [0.05, 0.1) is 17.8 Å². The van der Waals surface area contributed by atoms with Crippen LogP contribution in [0.15, 0.2) is 52.0 Å². The number of benzene rings is 1. The monoisotopic (exact) mass is 403 g/mol. The number of carbonyl (C=O) groups excluding carboxylic acids is 2. The number of hydrogen-bond acceptors (Lipinski definition) is 6. The van der Waals surface area contributed by atoms with Gasteiger partial charge in [0.2, 0.25) is 0 Å². The van der Waals surface area contributed by atoms with Gasteiger partial charge in [0.25, 0.3) is 11.1 Å². The number of hydrogen-bond donors (Lipinski definition) is 0. The first-order valence-electron chi connectivity index (χ1n) is 8.62. The molecule has 0 atom stereocenters. The molecule has 3 heterocycles. The SMILES string of the molecule is O=C1S/C(=C/c2ccco2)C(=O)N1CN1CCN(c2cccc(Cl)c2)CC1. The number of imide groups is 1. The Balaban J connectivity index is 1.36. The summed E-state index contributed by atoms with van der Waals surface area (Å²) in [6.07, 6.45) is 3.15. The van der Waals surface area contributed by atoms with Crippen molar-refractivity contribution in [1.82, 2.24) is 9.80 Å². The van der Waals surface area contributed by atoms with Crippen LogP contribution in [0.25, 0.3) is 6.08 Å². The molecule has 2 amide bonds. The van der Waals surface area contributed by atoms with Gasteiger partial charge in [-0.25, -0.2) is 0 Å². The van der Waals surface area contributed by atoms with Crippen LogP contribution in [-0.4, -0.2) is 53.8 Å². The van der Waals surface area contributed by atoms with Crippen molar-refractivity contribution >= 4 is 46.3 Å². The fourth-order valence-corrected chi connectivity index (χ4v) is 4.14. The molecule has 2 aliphatic heterocycles. The van der Waals surface area contributed by atoms with E-state index in [0.29, 0.717) is 17.3 Å². The molecular weight excluding hydrogens is 386 g/mol. The highest BCUT2D eigenvalue weighted by atomic mass is 35.5. The first-order chi connectivity index (χ1) is 13.1. The standard InChI is InChI=1S/C19H18ClN3O3S/c20-14-3-1-4-15(11-14)22-8-6-21(7-9-22)13-23-18(24)17(27-19(23)25)12-16-5-2-10-26-16/h1-5,10-12H,6-9,13H2/b17-12+. The van der Waals surface area contributed by atoms with Crippen LogP contribution >= 0.6 is 23.4 Å². The number of halogens is 1. The van der Waals surface area contributed by atoms with Gasteiger partial charge in [0, 0.05) is 43.0 Å². The van der Waals surface area contributed by atoms with Crippen LogP contribution in [0.1, 0.15) is 5.76 Å². The van der Waals surface area contributed by atoms with Gasteiger partial charge in [-0.3, -0.25) is 19.4 Å². The molecule has 6 nitrogen and oxygen atoms in total. The Morgan fingerprint density at radius 3 is 2.63 bits per heavy atom. The summed E-state index contributed by atoms with van der Waals surface area (Å²) >= 11 is 7.02. The second-order valence-electron chi connectivity index (χ2n) is 6.35. The third-order valence-corrected chi connectivity index (χ3v) is 5.72. The van der Waals surface area contributed by atoms with Crippen LogP contribution in [0, 0.1) is 0 Å². The van der Waals surface area contributed by atoms with E-state index in [4.69, 9.17) is 16.0 Å². The molecule has 2 aliphatic rings. The number of nitrogens with zero attached hydrogens (tertiary/aromatic N) is 3. The molecule has 8 heteroatoms. The number of piperazine rings is 1. The summed E-state index contributed by atoms with van der Waals surface area (Å²) in [4.78, 5) is 30.9. The molecule has 140 valence electrons. The molecule has 1 aromatic carbocycles. The fourth-order valence-electron chi connectivity index (χ4n) is 3.14. The Bertz CT molecular complexity index is 876. The topological polar surface area (TPSA) is 57.0 Å². The smallest absolute Gasteiger partial charge is 0.294 e. The number of thioether (sulfide) groups is 1. The second-order valence-corrected chi connectivity index (χ2v) is 7.78. The minimum atomic E-state index is -0.265. The lowest BCUT2D eigenvalue weighted by molar-refractivity contribution is -0.124. The molecule has 0 saturated carbocycles. The molecule has 2 saturated heterocycles. The maximum Gasteiger partial charge on any atom is 0.294 e. The average Bonchev–Trinajstić information content (AvgIpc) is 3.27. The van der Waals surface area contributed by atoms with Gasteiger partial charge in [-0.15, -0.1) is 0 Å². The molecule has 1 aromatic heterocycles. The summed E-state index contributed by atoms with van der Waals surface area (Å²) in [7, 11) is 0. The maximum atomic E-state index is 12.6. The van der Waals surface area contributed by atoms with E-state index in [0.717, 1.165) is 48.7 Å². The van der Waals surface area contributed by atoms with E-state index in [2.05, 4.69) is 9.80 Å². The second kappa shape index (κ2) is 7.80.